The van der Waals surface area contributed by atoms with E-state index in [4.69, 9.17) is 11.6 Å². The van der Waals surface area contributed by atoms with Crippen molar-refractivity contribution < 1.29 is 0 Å². The van der Waals surface area contributed by atoms with Gasteiger partial charge in [0.05, 0.1) is 5.52 Å². The molecule has 1 aliphatic rings. The average molecular weight is 324 g/mol. The van der Waals surface area contributed by atoms with Crippen LogP contribution in [0.25, 0.3) is 10.9 Å². The molecule has 0 saturated carbocycles. The minimum Gasteiger partial charge on any atom is -0.368 e. The number of hydrogen-bond acceptors (Lipinski definition) is 3. The van der Waals surface area contributed by atoms with Crippen molar-refractivity contribution >= 4 is 33.9 Å². The number of halogens is 1. The molecule has 3 aromatic rings. The van der Waals surface area contributed by atoms with Crippen LogP contribution in [0.15, 0.2) is 60.8 Å². The van der Waals surface area contributed by atoms with E-state index in [1.165, 1.54) is 16.8 Å². The van der Waals surface area contributed by atoms with Crippen molar-refractivity contribution in [1.29, 1.82) is 0 Å². The highest BCUT2D eigenvalue weighted by molar-refractivity contribution is 6.30. The normalized spacial score (nSPS) is 15.2. The number of rotatable bonds is 2. The van der Waals surface area contributed by atoms with E-state index in [0.717, 1.165) is 36.7 Å². The Balaban J connectivity index is 1.55. The van der Waals surface area contributed by atoms with E-state index in [1.807, 2.05) is 30.5 Å². The zero-order chi connectivity index (χ0) is 15.6. The second kappa shape index (κ2) is 6.09. The summed E-state index contributed by atoms with van der Waals surface area (Å²) in [7, 11) is 0. The first kappa shape index (κ1) is 14.3. The van der Waals surface area contributed by atoms with Crippen molar-refractivity contribution in [2.24, 2.45) is 0 Å². The molecule has 0 amide bonds. The lowest BCUT2D eigenvalue weighted by Crippen LogP contribution is -2.46. The van der Waals surface area contributed by atoms with Crippen molar-refractivity contribution in [3.63, 3.8) is 0 Å². The summed E-state index contributed by atoms with van der Waals surface area (Å²) in [6.45, 7) is 4.00. The first-order valence-electron chi connectivity index (χ1n) is 7.90. The van der Waals surface area contributed by atoms with Gasteiger partial charge in [-0.05, 0) is 30.3 Å². The van der Waals surface area contributed by atoms with Crippen molar-refractivity contribution in [1.82, 2.24) is 4.98 Å². The number of anilines is 2. The van der Waals surface area contributed by atoms with Crippen LogP contribution in [0, 0.1) is 0 Å². The Morgan fingerprint density at radius 1 is 0.826 bits per heavy atom. The van der Waals surface area contributed by atoms with Crippen LogP contribution in [0.5, 0.6) is 0 Å². The second-order valence-corrected chi connectivity index (χ2v) is 6.24. The topological polar surface area (TPSA) is 19.4 Å². The molecule has 23 heavy (non-hydrogen) atoms. The fourth-order valence-electron chi connectivity index (χ4n) is 3.23. The fraction of sp³-hybridized carbons (Fsp3) is 0.211. The third kappa shape index (κ3) is 2.84. The highest BCUT2D eigenvalue weighted by Gasteiger charge is 2.19. The number of nitrogens with zero attached hydrogens (tertiary/aromatic N) is 3. The van der Waals surface area contributed by atoms with Crippen molar-refractivity contribution in [2.75, 3.05) is 36.0 Å². The Hall–Kier alpha value is -2.26. The lowest BCUT2D eigenvalue weighted by Gasteiger charge is -2.37. The van der Waals surface area contributed by atoms with Gasteiger partial charge in [-0.2, -0.15) is 0 Å². The molecule has 2 heterocycles. The smallest absolute Gasteiger partial charge is 0.0722 e. The molecule has 0 spiro atoms. The molecule has 1 saturated heterocycles. The molecule has 1 fully saturated rings. The quantitative estimate of drug-likeness (QED) is 0.704. The first-order chi connectivity index (χ1) is 11.3. The summed E-state index contributed by atoms with van der Waals surface area (Å²) in [4.78, 5) is 9.30. The van der Waals surface area contributed by atoms with Gasteiger partial charge in [-0.1, -0.05) is 35.9 Å². The van der Waals surface area contributed by atoms with Gasteiger partial charge in [-0.15, -0.1) is 0 Å². The zero-order valence-corrected chi connectivity index (χ0v) is 13.6. The van der Waals surface area contributed by atoms with Crippen molar-refractivity contribution in [3.05, 3.63) is 65.8 Å². The standard InChI is InChI=1S/C19H18ClN3/c20-15-4-3-5-16(14-15)22-10-12-23(13-11-22)19-8-9-21-18-7-2-1-6-17(18)19/h1-9,14H,10-13H2. The van der Waals surface area contributed by atoms with Crippen molar-refractivity contribution in [2.45, 2.75) is 0 Å². The summed E-state index contributed by atoms with van der Waals surface area (Å²) in [6.07, 6.45) is 1.90. The number of hydrogen-bond donors (Lipinski definition) is 0. The summed E-state index contributed by atoms with van der Waals surface area (Å²) in [5.41, 5.74) is 3.54. The van der Waals surface area contributed by atoms with Gasteiger partial charge in [0.1, 0.15) is 0 Å². The van der Waals surface area contributed by atoms with E-state index < -0.39 is 0 Å². The van der Waals surface area contributed by atoms with Crippen LogP contribution in [-0.2, 0) is 0 Å². The second-order valence-electron chi connectivity index (χ2n) is 5.80. The molecule has 0 atom stereocenters. The molecule has 0 N–H and O–H groups in total. The molecule has 0 unspecified atom stereocenters. The van der Waals surface area contributed by atoms with Gasteiger partial charge < -0.3 is 9.80 Å². The molecule has 1 aromatic heterocycles. The van der Waals surface area contributed by atoms with Crippen LogP contribution in [0.1, 0.15) is 0 Å². The van der Waals surface area contributed by atoms with Crippen LogP contribution in [0.3, 0.4) is 0 Å². The Morgan fingerprint density at radius 2 is 1.61 bits per heavy atom. The predicted molar refractivity (Wildman–Crippen MR) is 97.6 cm³/mol. The Kier molecular flexibility index (Phi) is 3.80. The molecule has 4 rings (SSSR count). The molecule has 116 valence electrons. The fourth-order valence-corrected chi connectivity index (χ4v) is 3.42. The summed E-state index contributed by atoms with van der Waals surface area (Å²) < 4.78 is 0. The highest BCUT2D eigenvalue weighted by Crippen LogP contribution is 2.27. The molecule has 0 bridgehead atoms. The minimum atomic E-state index is 0.796. The summed E-state index contributed by atoms with van der Waals surface area (Å²) in [5.74, 6) is 0. The first-order valence-corrected chi connectivity index (χ1v) is 8.28. The maximum Gasteiger partial charge on any atom is 0.0722 e. The van der Waals surface area contributed by atoms with E-state index in [1.54, 1.807) is 0 Å². The van der Waals surface area contributed by atoms with Gasteiger partial charge in [0.25, 0.3) is 0 Å². The Labute approximate surface area is 141 Å². The summed E-state index contributed by atoms with van der Waals surface area (Å²) in [6, 6.07) is 18.6. The molecule has 2 aromatic carbocycles. The maximum atomic E-state index is 6.11. The van der Waals surface area contributed by atoms with Gasteiger partial charge in [-0.25, -0.2) is 0 Å². The van der Waals surface area contributed by atoms with Crippen LogP contribution in [0.4, 0.5) is 11.4 Å². The molecule has 0 radical (unpaired) electrons. The number of pyridine rings is 1. The largest absolute Gasteiger partial charge is 0.368 e. The van der Waals surface area contributed by atoms with E-state index in [2.05, 4.69) is 45.1 Å². The number of fused-ring (bicyclic) bond motifs is 1. The Bertz CT molecular complexity index is 820. The van der Waals surface area contributed by atoms with E-state index in [-0.39, 0.29) is 0 Å². The molecule has 3 nitrogen and oxygen atoms in total. The molecule has 0 aliphatic carbocycles. The molecule has 1 aliphatic heterocycles. The van der Waals surface area contributed by atoms with E-state index >= 15 is 0 Å². The number of benzene rings is 2. The SMILES string of the molecule is Clc1cccc(N2CCN(c3ccnc4ccccc34)CC2)c1. The van der Waals surface area contributed by atoms with E-state index in [0.29, 0.717) is 0 Å². The minimum absolute atomic E-state index is 0.796. The van der Waals surface area contributed by atoms with Crippen LogP contribution in [0.2, 0.25) is 5.02 Å². The van der Waals surface area contributed by atoms with Gasteiger partial charge in [0.15, 0.2) is 0 Å². The maximum absolute atomic E-state index is 6.11. The lowest BCUT2D eigenvalue weighted by atomic mass is 10.1. The number of aromatic nitrogens is 1. The lowest BCUT2D eigenvalue weighted by molar-refractivity contribution is 0.655. The Morgan fingerprint density at radius 3 is 2.43 bits per heavy atom. The monoisotopic (exact) mass is 323 g/mol. The van der Waals surface area contributed by atoms with Crippen LogP contribution < -0.4 is 9.80 Å². The van der Waals surface area contributed by atoms with Gasteiger partial charge >= 0.3 is 0 Å². The van der Waals surface area contributed by atoms with Gasteiger partial charge in [-0.3, -0.25) is 4.98 Å². The summed E-state index contributed by atoms with van der Waals surface area (Å²) >= 11 is 6.11. The van der Waals surface area contributed by atoms with Crippen LogP contribution >= 0.6 is 11.6 Å². The third-order valence-electron chi connectivity index (χ3n) is 4.42. The van der Waals surface area contributed by atoms with Gasteiger partial charge in [0, 0.05) is 54.2 Å². The molecular weight excluding hydrogens is 306 g/mol. The molecular formula is C19H18ClN3. The number of para-hydroxylation sites is 1. The zero-order valence-electron chi connectivity index (χ0n) is 12.8. The van der Waals surface area contributed by atoms with Crippen molar-refractivity contribution in [3.8, 4) is 0 Å². The van der Waals surface area contributed by atoms with Crippen LogP contribution in [-0.4, -0.2) is 31.2 Å². The van der Waals surface area contributed by atoms with Gasteiger partial charge in [0.2, 0.25) is 0 Å². The number of piperazine rings is 1. The third-order valence-corrected chi connectivity index (χ3v) is 4.65. The molecule has 4 heteroatoms. The predicted octanol–water partition coefficient (Wildman–Crippen LogP) is 4.21. The highest BCUT2D eigenvalue weighted by atomic mass is 35.5. The van der Waals surface area contributed by atoms with E-state index in [9.17, 15) is 0 Å². The average Bonchev–Trinajstić information content (AvgIpc) is 2.61. The summed E-state index contributed by atoms with van der Waals surface area (Å²) in [5, 5.41) is 2.02.